The van der Waals surface area contributed by atoms with Crippen molar-refractivity contribution in [3.63, 3.8) is 0 Å². The van der Waals surface area contributed by atoms with Gasteiger partial charge in [-0.25, -0.2) is 18.7 Å². The highest BCUT2D eigenvalue weighted by molar-refractivity contribution is 5.68. The molecule has 38 heavy (non-hydrogen) atoms. The van der Waals surface area contributed by atoms with Crippen LogP contribution in [0.2, 0.25) is 0 Å². The molecule has 3 heterocycles. The highest BCUT2D eigenvalue weighted by Gasteiger charge is 2.54. The quantitative estimate of drug-likeness (QED) is 0.433. The number of likely N-dealkylation sites (tertiary alicyclic amines) is 1. The lowest BCUT2D eigenvalue weighted by atomic mass is 9.72. The van der Waals surface area contributed by atoms with Crippen molar-refractivity contribution in [2.45, 2.75) is 32.4 Å². The van der Waals surface area contributed by atoms with Gasteiger partial charge < -0.3 is 24.4 Å². The second-order valence-electron chi connectivity index (χ2n) is 10.5. The van der Waals surface area contributed by atoms with Crippen LogP contribution in [0.3, 0.4) is 0 Å². The van der Waals surface area contributed by atoms with Gasteiger partial charge in [-0.2, -0.15) is 0 Å². The minimum atomic E-state index is -0.784. The summed E-state index contributed by atoms with van der Waals surface area (Å²) >= 11 is 0. The summed E-state index contributed by atoms with van der Waals surface area (Å²) in [5.74, 6) is -0.0443. The lowest BCUT2D eigenvalue weighted by Crippen LogP contribution is -2.72. The van der Waals surface area contributed by atoms with Crippen LogP contribution < -0.4 is 24.4 Å². The molecular formula is C28H31F2N5O3. The van der Waals surface area contributed by atoms with E-state index in [2.05, 4.69) is 31.2 Å². The lowest BCUT2D eigenvalue weighted by Gasteiger charge is -2.61. The first-order valence-corrected chi connectivity index (χ1v) is 12.8. The third-order valence-corrected chi connectivity index (χ3v) is 7.64. The Kier molecular flexibility index (Phi) is 6.22. The maximum atomic E-state index is 14.5. The van der Waals surface area contributed by atoms with E-state index in [0.717, 1.165) is 36.3 Å². The molecule has 2 saturated heterocycles. The average Bonchev–Trinajstić information content (AvgIpc) is 3.71. The van der Waals surface area contributed by atoms with Gasteiger partial charge in [0.1, 0.15) is 18.2 Å². The second kappa shape index (κ2) is 9.58. The molecule has 0 amide bonds. The fraction of sp³-hybridized carbons (Fsp3) is 0.429. The van der Waals surface area contributed by atoms with E-state index in [9.17, 15) is 8.78 Å². The number of nitrogens with one attached hydrogen (secondary N) is 1. The van der Waals surface area contributed by atoms with Gasteiger partial charge in [-0.05, 0) is 43.5 Å². The zero-order valence-electron chi connectivity index (χ0n) is 21.8. The SMILES string of the molecule is COc1cc(Nc2ncc(OCc3c(F)c(C)cc(OC)c3F)cn2)ccc1N1CC2(C1)CN(C1CC1)C2. The summed E-state index contributed by atoms with van der Waals surface area (Å²) in [4.78, 5) is 13.5. The first-order valence-electron chi connectivity index (χ1n) is 12.8. The normalized spacial score (nSPS) is 18.1. The van der Waals surface area contributed by atoms with Crippen LogP contribution in [-0.2, 0) is 6.61 Å². The van der Waals surface area contributed by atoms with Gasteiger partial charge in [0.15, 0.2) is 17.3 Å². The molecule has 2 aromatic carbocycles. The van der Waals surface area contributed by atoms with Gasteiger partial charge in [-0.15, -0.1) is 0 Å². The molecule has 1 N–H and O–H groups in total. The lowest BCUT2D eigenvalue weighted by molar-refractivity contribution is -0.0276. The molecule has 2 aliphatic heterocycles. The number of hydrogen-bond acceptors (Lipinski definition) is 8. The number of methoxy groups -OCH3 is 2. The molecule has 200 valence electrons. The summed E-state index contributed by atoms with van der Waals surface area (Å²) < 4.78 is 45.1. The number of hydrogen-bond donors (Lipinski definition) is 1. The molecule has 1 saturated carbocycles. The number of aromatic nitrogens is 2. The third-order valence-electron chi connectivity index (χ3n) is 7.64. The van der Waals surface area contributed by atoms with Crippen LogP contribution in [0.25, 0.3) is 0 Å². The van der Waals surface area contributed by atoms with Crippen LogP contribution >= 0.6 is 0 Å². The van der Waals surface area contributed by atoms with Crippen molar-refractivity contribution in [2.75, 3.05) is 50.6 Å². The van der Waals surface area contributed by atoms with E-state index in [0.29, 0.717) is 11.4 Å². The van der Waals surface area contributed by atoms with Crippen molar-refractivity contribution in [3.8, 4) is 17.2 Å². The Morgan fingerprint density at radius 2 is 1.68 bits per heavy atom. The molecular weight excluding hydrogens is 492 g/mol. The first-order chi connectivity index (χ1) is 18.4. The predicted octanol–water partition coefficient (Wildman–Crippen LogP) is 4.69. The summed E-state index contributed by atoms with van der Waals surface area (Å²) in [6.07, 6.45) is 5.63. The van der Waals surface area contributed by atoms with Crippen LogP contribution in [0.15, 0.2) is 36.7 Å². The van der Waals surface area contributed by atoms with E-state index in [-0.39, 0.29) is 29.2 Å². The zero-order chi connectivity index (χ0) is 26.4. The van der Waals surface area contributed by atoms with Crippen LogP contribution in [0.5, 0.6) is 17.2 Å². The number of anilines is 3. The van der Waals surface area contributed by atoms with Crippen molar-refractivity contribution in [1.29, 1.82) is 0 Å². The van der Waals surface area contributed by atoms with Crippen molar-refractivity contribution in [2.24, 2.45) is 5.41 Å². The van der Waals surface area contributed by atoms with Crippen LogP contribution in [0.4, 0.5) is 26.1 Å². The van der Waals surface area contributed by atoms with Gasteiger partial charge in [-0.3, -0.25) is 4.90 Å². The Morgan fingerprint density at radius 3 is 2.34 bits per heavy atom. The maximum Gasteiger partial charge on any atom is 0.227 e. The van der Waals surface area contributed by atoms with Gasteiger partial charge in [0.25, 0.3) is 0 Å². The van der Waals surface area contributed by atoms with E-state index in [1.54, 1.807) is 14.0 Å². The Labute approximate surface area is 220 Å². The molecule has 8 nitrogen and oxygen atoms in total. The summed E-state index contributed by atoms with van der Waals surface area (Å²) in [7, 11) is 3.01. The second-order valence-corrected chi connectivity index (χ2v) is 10.5. The van der Waals surface area contributed by atoms with Gasteiger partial charge in [0.2, 0.25) is 5.95 Å². The van der Waals surface area contributed by atoms with Crippen LogP contribution in [0.1, 0.15) is 24.0 Å². The Balaban J connectivity index is 1.06. The molecule has 0 bridgehead atoms. The highest BCUT2D eigenvalue weighted by Crippen LogP contribution is 2.48. The number of benzene rings is 2. The monoisotopic (exact) mass is 523 g/mol. The smallest absolute Gasteiger partial charge is 0.227 e. The highest BCUT2D eigenvalue weighted by atomic mass is 19.1. The Hall–Kier alpha value is -3.66. The minimum Gasteiger partial charge on any atom is -0.495 e. The third kappa shape index (κ3) is 4.57. The summed E-state index contributed by atoms with van der Waals surface area (Å²) in [5, 5.41) is 3.17. The zero-order valence-corrected chi connectivity index (χ0v) is 21.8. The molecule has 1 aromatic heterocycles. The molecule has 1 aliphatic carbocycles. The molecule has 1 spiro atoms. The average molecular weight is 524 g/mol. The molecule has 0 radical (unpaired) electrons. The largest absolute Gasteiger partial charge is 0.495 e. The minimum absolute atomic E-state index is 0.0309. The summed E-state index contributed by atoms with van der Waals surface area (Å²) in [6, 6.07) is 8.13. The van der Waals surface area contributed by atoms with Crippen LogP contribution in [-0.4, -0.2) is 61.3 Å². The molecule has 6 rings (SSSR count). The van der Waals surface area contributed by atoms with Crippen molar-refractivity contribution in [3.05, 3.63) is 59.4 Å². The maximum absolute atomic E-state index is 14.5. The van der Waals surface area contributed by atoms with Crippen molar-refractivity contribution >= 4 is 17.3 Å². The fourth-order valence-corrected chi connectivity index (χ4v) is 5.49. The Morgan fingerprint density at radius 1 is 0.974 bits per heavy atom. The molecule has 3 aliphatic rings. The predicted molar refractivity (Wildman–Crippen MR) is 140 cm³/mol. The van der Waals surface area contributed by atoms with E-state index >= 15 is 0 Å². The number of rotatable bonds is 9. The molecule has 3 aromatic rings. The van der Waals surface area contributed by atoms with Gasteiger partial charge in [-0.1, -0.05) is 0 Å². The number of aryl methyl sites for hydroxylation is 1. The first kappa shape index (κ1) is 24.7. The number of halogens is 2. The molecule has 0 unspecified atom stereocenters. The van der Waals surface area contributed by atoms with Gasteiger partial charge >= 0.3 is 0 Å². The fourth-order valence-electron chi connectivity index (χ4n) is 5.49. The number of ether oxygens (including phenoxy) is 3. The van der Waals surface area contributed by atoms with Crippen molar-refractivity contribution in [1.82, 2.24) is 14.9 Å². The summed E-state index contributed by atoms with van der Waals surface area (Å²) in [6.45, 7) is 5.79. The van der Waals surface area contributed by atoms with E-state index in [1.165, 1.54) is 51.5 Å². The molecule has 10 heteroatoms. The molecule has 3 fully saturated rings. The van der Waals surface area contributed by atoms with E-state index in [1.807, 2.05) is 12.1 Å². The Bertz CT molecular complexity index is 1340. The van der Waals surface area contributed by atoms with Gasteiger partial charge in [0.05, 0.1) is 37.9 Å². The van der Waals surface area contributed by atoms with Gasteiger partial charge in [0, 0.05) is 49.4 Å². The summed E-state index contributed by atoms with van der Waals surface area (Å²) in [5.41, 5.74) is 2.39. The van der Waals surface area contributed by atoms with Crippen LogP contribution in [0, 0.1) is 24.0 Å². The molecule has 0 atom stereocenters. The standard InChI is InChI=1S/C28H31F2N5O3/c1-17-8-24(37-3)26(30)21(25(17)29)12-38-20-10-31-27(32-11-20)33-18-4-7-22(23(9-18)36-2)35-15-28(16-35)13-34(14-28)19-5-6-19/h4,7-11,19H,5-6,12-16H2,1-3H3,(H,31,32,33). The van der Waals surface area contributed by atoms with Crippen molar-refractivity contribution < 1.29 is 23.0 Å². The van der Waals surface area contributed by atoms with E-state index in [4.69, 9.17) is 14.2 Å². The topological polar surface area (TPSA) is 72.0 Å². The number of nitrogens with zero attached hydrogens (tertiary/aromatic N) is 4. The van der Waals surface area contributed by atoms with E-state index < -0.39 is 11.6 Å².